The van der Waals surface area contributed by atoms with Crippen molar-refractivity contribution >= 4 is 36.0 Å². The molecule has 0 amide bonds. The zero-order valence-corrected chi connectivity index (χ0v) is 74.7. The average molecular weight is 1490 g/mol. The van der Waals surface area contributed by atoms with E-state index in [4.69, 9.17) is 23.6 Å². The van der Waals surface area contributed by atoms with Crippen LogP contribution >= 0.6 is 12.4 Å². The summed E-state index contributed by atoms with van der Waals surface area (Å²) in [5.74, 6) is 0. The van der Waals surface area contributed by atoms with Crippen LogP contribution in [-0.4, -0.2) is 24.6 Å². The van der Waals surface area contributed by atoms with Gasteiger partial charge in [0.15, 0.2) is 0 Å². The van der Waals surface area contributed by atoms with Crippen molar-refractivity contribution in [3.63, 3.8) is 0 Å². The Morgan fingerprint density at radius 2 is 0.188 bits per heavy atom. The molecule has 0 aromatic rings. The minimum Gasteiger partial charge on any atom is -0.259 e. The molecule has 5 heteroatoms. The Bertz CT molecular complexity index is 1350. The first-order chi connectivity index (χ1) is 49.9. The van der Waals surface area contributed by atoms with Gasteiger partial charge in [-0.1, -0.05) is 591 Å². The molecule has 0 unspecified atom stereocenters. The molecule has 0 atom stereocenters. The summed E-state index contributed by atoms with van der Waals surface area (Å²) >= 11 is 14.1. The van der Waals surface area contributed by atoms with E-state index in [1.807, 2.05) is 0 Å². The average Bonchev–Trinajstić information content (AvgIpc) is 0.844. The van der Waals surface area contributed by atoms with E-state index < -0.39 is 12.4 Å². The Morgan fingerprint density at radius 1 is 0.119 bits per heavy atom. The normalized spacial score (nSPS) is 12.2. The molecule has 101 heavy (non-hydrogen) atoms. The molecular weight excluding hydrogens is 1290 g/mol. The topological polar surface area (TPSA) is 12.0 Å². The number of nitrogens with one attached hydrogen (secondary N) is 1. The first kappa shape index (κ1) is 102. The van der Waals surface area contributed by atoms with Crippen molar-refractivity contribution < 1.29 is 0 Å². The molecular formula is C96H197NP2S2. The van der Waals surface area contributed by atoms with Crippen LogP contribution in [0.1, 0.15) is 593 Å². The highest BCUT2D eigenvalue weighted by Crippen LogP contribution is 2.58. The molecule has 0 aliphatic rings. The SMILES string of the molecule is CCCCCCCCCCCCCCCCCCCCCCCCP(=S)(CCCCCCCCCCCCCCCCCCCCCCCC)NP(=S)(CCCCCCCCCCCCCCCCCCCCCCCC)CCCCCCCCCCCCCCCCCCCCCCCC. The number of hydrogen-bond donors (Lipinski definition) is 1. The number of unbranched alkanes of at least 4 members (excludes halogenated alkanes) is 84. The standard InChI is InChI=1S/C96H197NP2S2/c1-5-9-13-17-21-25-29-33-37-41-45-49-53-57-61-65-69-73-77-81-85-89-93-98(100,94-90-86-82-78-74-70-66-62-58-54-50-46-42-38-34-30-26-22-18-14-10-6-2)97-99(101,95-91-87-83-79-75-71-67-63-59-55-51-47-43-39-35-31-27-23-19-15-11-7-3)96-92-88-84-80-76-72-68-64-60-56-52-48-44-40-36-32-28-24-20-16-12-8-4/h5-96H2,1-4H3,(H,97,100,101). The first-order valence-corrected chi connectivity index (χ1v) is 55.3. The minimum atomic E-state index is -1.70. The van der Waals surface area contributed by atoms with E-state index in [2.05, 4.69) is 32.6 Å². The third-order valence-corrected chi connectivity index (χ3v) is 34.6. The van der Waals surface area contributed by atoms with E-state index in [1.54, 1.807) is 0 Å². The predicted molar refractivity (Wildman–Crippen MR) is 480 cm³/mol. The molecule has 608 valence electrons. The van der Waals surface area contributed by atoms with Crippen LogP contribution < -0.4 is 4.86 Å². The molecule has 0 aliphatic heterocycles. The van der Waals surface area contributed by atoms with Crippen LogP contribution in [0.25, 0.3) is 0 Å². The summed E-state index contributed by atoms with van der Waals surface area (Å²) in [6, 6.07) is 0. The van der Waals surface area contributed by atoms with E-state index in [-0.39, 0.29) is 0 Å². The maximum absolute atomic E-state index is 7.04. The third-order valence-electron chi connectivity index (χ3n) is 23.9. The van der Waals surface area contributed by atoms with Gasteiger partial charge in [0, 0.05) is 12.4 Å². The Labute approximate surface area is 653 Å². The Hall–Kier alpha value is 1.26. The highest BCUT2D eigenvalue weighted by atomic mass is 32.5. The fourth-order valence-corrected chi connectivity index (χ4v) is 29.1. The lowest BCUT2D eigenvalue weighted by atomic mass is 10.0. The summed E-state index contributed by atoms with van der Waals surface area (Å²) in [6.45, 7) is 9.30. The first-order valence-electron chi connectivity index (χ1n) is 48.9. The monoisotopic (exact) mass is 1490 g/mol. The second-order valence-corrected chi connectivity index (χ2v) is 44.8. The Kier molecular flexibility index (Phi) is 91.3. The summed E-state index contributed by atoms with van der Waals surface area (Å²) in [6.07, 6.45) is 130. The number of rotatable bonds is 94. The van der Waals surface area contributed by atoms with Crippen LogP contribution in [0, 0.1) is 0 Å². The van der Waals surface area contributed by atoms with Gasteiger partial charge in [0.2, 0.25) is 0 Å². The van der Waals surface area contributed by atoms with Crippen LogP contribution in [-0.2, 0) is 23.6 Å². The molecule has 0 bridgehead atoms. The van der Waals surface area contributed by atoms with E-state index >= 15 is 0 Å². The van der Waals surface area contributed by atoms with Crippen LogP contribution in [0.3, 0.4) is 0 Å². The highest BCUT2D eigenvalue weighted by molar-refractivity contribution is 8.22. The van der Waals surface area contributed by atoms with E-state index in [0.717, 1.165) is 0 Å². The van der Waals surface area contributed by atoms with Crippen molar-refractivity contribution in [1.29, 1.82) is 0 Å². The van der Waals surface area contributed by atoms with Crippen molar-refractivity contribution in [1.82, 2.24) is 4.86 Å². The van der Waals surface area contributed by atoms with Crippen molar-refractivity contribution in [3.8, 4) is 0 Å². The summed E-state index contributed by atoms with van der Waals surface area (Å²) in [4.78, 5) is 4.51. The van der Waals surface area contributed by atoms with Crippen LogP contribution in [0.5, 0.6) is 0 Å². The van der Waals surface area contributed by atoms with Crippen LogP contribution in [0.2, 0.25) is 0 Å². The molecule has 0 saturated carbocycles. The van der Waals surface area contributed by atoms with Crippen molar-refractivity contribution in [2.24, 2.45) is 0 Å². The lowest BCUT2D eigenvalue weighted by Gasteiger charge is -2.33. The quantitative estimate of drug-likeness (QED) is 0.0481. The lowest BCUT2D eigenvalue weighted by molar-refractivity contribution is 0.520. The second kappa shape index (κ2) is 90.1. The van der Waals surface area contributed by atoms with Gasteiger partial charge in [0.25, 0.3) is 0 Å². The van der Waals surface area contributed by atoms with Gasteiger partial charge in [-0.2, -0.15) is 0 Å². The summed E-state index contributed by atoms with van der Waals surface area (Å²) in [5, 5.41) is 0. The van der Waals surface area contributed by atoms with E-state index in [9.17, 15) is 0 Å². The van der Waals surface area contributed by atoms with Crippen molar-refractivity contribution in [3.05, 3.63) is 0 Å². The summed E-state index contributed by atoms with van der Waals surface area (Å²) < 4.78 is 0. The molecule has 0 saturated heterocycles. The molecule has 1 N–H and O–H groups in total. The fraction of sp³-hybridized carbons (Fsp3) is 1.00. The van der Waals surface area contributed by atoms with Gasteiger partial charge in [0.1, 0.15) is 0 Å². The van der Waals surface area contributed by atoms with Crippen molar-refractivity contribution in [2.45, 2.75) is 593 Å². The smallest absolute Gasteiger partial charge is 0.0164 e. The largest absolute Gasteiger partial charge is 0.259 e. The van der Waals surface area contributed by atoms with Crippen molar-refractivity contribution in [2.75, 3.05) is 24.6 Å². The van der Waals surface area contributed by atoms with Crippen LogP contribution in [0.15, 0.2) is 0 Å². The molecule has 0 aromatic carbocycles. The van der Waals surface area contributed by atoms with Gasteiger partial charge in [-0.15, -0.1) is 0 Å². The highest BCUT2D eigenvalue weighted by Gasteiger charge is 2.26. The van der Waals surface area contributed by atoms with Crippen LogP contribution in [0.4, 0.5) is 0 Å². The lowest BCUT2D eigenvalue weighted by Crippen LogP contribution is -2.17. The minimum absolute atomic E-state index is 1.28. The van der Waals surface area contributed by atoms with Gasteiger partial charge in [-0.3, -0.25) is 4.86 Å². The summed E-state index contributed by atoms with van der Waals surface area (Å²) in [5.41, 5.74) is 0. The van der Waals surface area contributed by atoms with E-state index in [0.29, 0.717) is 0 Å². The van der Waals surface area contributed by atoms with Gasteiger partial charge in [-0.05, 0) is 50.3 Å². The second-order valence-electron chi connectivity index (χ2n) is 34.5. The molecule has 0 fully saturated rings. The Morgan fingerprint density at radius 3 is 0.267 bits per heavy atom. The van der Waals surface area contributed by atoms with Gasteiger partial charge >= 0.3 is 0 Å². The van der Waals surface area contributed by atoms with E-state index in [1.165, 1.54) is 590 Å². The molecule has 0 rings (SSSR count). The molecule has 0 spiro atoms. The molecule has 0 radical (unpaired) electrons. The number of hydrogen-bond acceptors (Lipinski definition) is 2. The zero-order chi connectivity index (χ0) is 72.8. The molecule has 1 nitrogen and oxygen atoms in total. The molecule has 0 aromatic heterocycles. The summed E-state index contributed by atoms with van der Waals surface area (Å²) in [7, 11) is 0. The predicted octanol–water partition coefficient (Wildman–Crippen LogP) is 37.8. The molecule has 0 heterocycles. The zero-order valence-electron chi connectivity index (χ0n) is 71.3. The van der Waals surface area contributed by atoms with Gasteiger partial charge in [0.05, 0.1) is 0 Å². The van der Waals surface area contributed by atoms with Gasteiger partial charge in [-0.25, -0.2) is 0 Å². The fourth-order valence-electron chi connectivity index (χ4n) is 16.7. The Balaban J connectivity index is 5.14. The third kappa shape index (κ3) is 86.7. The van der Waals surface area contributed by atoms with Gasteiger partial charge < -0.3 is 0 Å². The maximum Gasteiger partial charge on any atom is 0.0164 e. The maximum atomic E-state index is 7.04. The molecule has 0 aliphatic carbocycles.